The average molecular weight is 392 g/mol. The van der Waals surface area contributed by atoms with Gasteiger partial charge in [-0.3, -0.25) is 0 Å². The molecule has 0 amide bonds. The highest BCUT2D eigenvalue weighted by Gasteiger charge is 2.19. The van der Waals surface area contributed by atoms with Crippen LogP contribution in [0.5, 0.6) is 5.75 Å². The Kier molecular flexibility index (Phi) is 6.16. The van der Waals surface area contributed by atoms with E-state index in [1.165, 1.54) is 17.8 Å². The Morgan fingerprint density at radius 2 is 1.92 bits per heavy atom. The van der Waals surface area contributed by atoms with E-state index in [9.17, 15) is 4.39 Å². The van der Waals surface area contributed by atoms with Gasteiger partial charge in [0.1, 0.15) is 11.6 Å². The van der Waals surface area contributed by atoms with Gasteiger partial charge in [0.25, 0.3) is 0 Å². The lowest BCUT2D eigenvalue weighted by molar-refractivity contribution is 0.210. The van der Waals surface area contributed by atoms with Crippen molar-refractivity contribution in [3.8, 4) is 5.75 Å². The molecule has 0 N–H and O–H groups in total. The first-order valence-electron chi connectivity index (χ1n) is 8.30. The van der Waals surface area contributed by atoms with Crippen LogP contribution in [-0.2, 0) is 12.3 Å². The molecule has 3 rings (SSSR count). The third-order valence-corrected chi connectivity index (χ3v) is 5.24. The summed E-state index contributed by atoms with van der Waals surface area (Å²) < 4.78 is 21.9. The van der Waals surface area contributed by atoms with Crippen LogP contribution in [0, 0.1) is 5.82 Å². The Morgan fingerprint density at radius 3 is 2.62 bits per heavy atom. The second-order valence-corrected chi connectivity index (χ2v) is 7.00. The molecule has 2 aromatic carbocycles. The van der Waals surface area contributed by atoms with Crippen LogP contribution in [0.3, 0.4) is 0 Å². The summed E-state index contributed by atoms with van der Waals surface area (Å²) >= 11 is 7.51. The summed E-state index contributed by atoms with van der Waals surface area (Å²) in [7, 11) is 0. The maximum Gasteiger partial charge on any atom is 0.191 e. The summed E-state index contributed by atoms with van der Waals surface area (Å²) in [5.41, 5.74) is 0.472. The number of nitrogens with zero attached hydrogens (tertiary/aromatic N) is 3. The Bertz CT molecular complexity index is 852. The fourth-order valence-electron chi connectivity index (χ4n) is 2.57. The van der Waals surface area contributed by atoms with E-state index in [2.05, 4.69) is 10.2 Å². The van der Waals surface area contributed by atoms with E-state index in [-0.39, 0.29) is 11.9 Å². The predicted molar refractivity (Wildman–Crippen MR) is 102 cm³/mol. The SMILES string of the molecule is CCn1c(SCc2c(F)cccc2Cl)nnc1C(C)Oc1ccccc1. The number of benzene rings is 2. The fraction of sp³-hybridized carbons (Fsp3) is 0.263. The summed E-state index contributed by atoms with van der Waals surface area (Å²) in [4.78, 5) is 0. The van der Waals surface area contributed by atoms with E-state index in [1.54, 1.807) is 12.1 Å². The number of rotatable bonds is 7. The first-order valence-corrected chi connectivity index (χ1v) is 9.67. The molecule has 0 aliphatic heterocycles. The molecule has 1 atom stereocenters. The van der Waals surface area contributed by atoms with E-state index in [4.69, 9.17) is 16.3 Å². The van der Waals surface area contributed by atoms with E-state index >= 15 is 0 Å². The summed E-state index contributed by atoms with van der Waals surface area (Å²) in [6.07, 6.45) is -0.253. The minimum absolute atomic E-state index is 0.253. The Labute approximate surface area is 161 Å². The smallest absolute Gasteiger partial charge is 0.191 e. The molecule has 1 heterocycles. The van der Waals surface area contributed by atoms with Gasteiger partial charge < -0.3 is 9.30 Å². The van der Waals surface area contributed by atoms with Crippen molar-refractivity contribution in [3.63, 3.8) is 0 Å². The number of hydrogen-bond acceptors (Lipinski definition) is 4. The number of ether oxygens (including phenoxy) is 1. The quantitative estimate of drug-likeness (QED) is 0.497. The molecule has 1 unspecified atom stereocenters. The monoisotopic (exact) mass is 391 g/mol. The maximum absolute atomic E-state index is 14.0. The Hall–Kier alpha value is -2.05. The molecular weight excluding hydrogens is 373 g/mol. The molecule has 0 aliphatic rings. The number of thioether (sulfide) groups is 1. The van der Waals surface area contributed by atoms with Crippen LogP contribution in [0.2, 0.25) is 5.02 Å². The van der Waals surface area contributed by atoms with Crippen LogP contribution in [-0.4, -0.2) is 14.8 Å². The molecule has 1 aromatic heterocycles. The fourth-order valence-corrected chi connectivity index (χ4v) is 3.92. The zero-order chi connectivity index (χ0) is 18.5. The summed E-state index contributed by atoms with van der Waals surface area (Å²) in [5, 5.41) is 9.67. The van der Waals surface area contributed by atoms with Crippen molar-refractivity contribution in [2.75, 3.05) is 0 Å². The van der Waals surface area contributed by atoms with Crippen LogP contribution >= 0.6 is 23.4 Å². The molecule has 7 heteroatoms. The van der Waals surface area contributed by atoms with Gasteiger partial charge in [-0.05, 0) is 38.1 Å². The van der Waals surface area contributed by atoms with Gasteiger partial charge in [-0.1, -0.05) is 47.6 Å². The van der Waals surface area contributed by atoms with Gasteiger partial charge >= 0.3 is 0 Å². The largest absolute Gasteiger partial charge is 0.483 e. The standard InChI is InChI=1S/C19H19ClFN3OS/c1-3-24-18(13(2)25-14-8-5-4-6-9-14)22-23-19(24)26-12-15-16(20)10-7-11-17(15)21/h4-11,13H,3,12H2,1-2H3. The third kappa shape index (κ3) is 4.19. The van der Waals surface area contributed by atoms with Gasteiger partial charge in [-0.25, -0.2) is 4.39 Å². The van der Waals surface area contributed by atoms with Gasteiger partial charge in [0.2, 0.25) is 0 Å². The topological polar surface area (TPSA) is 39.9 Å². The molecular formula is C19H19ClFN3OS. The molecule has 26 heavy (non-hydrogen) atoms. The highest BCUT2D eigenvalue weighted by atomic mass is 35.5. The van der Waals surface area contributed by atoms with E-state index < -0.39 is 0 Å². The highest BCUT2D eigenvalue weighted by Crippen LogP contribution is 2.29. The summed E-state index contributed by atoms with van der Waals surface area (Å²) in [6, 6.07) is 14.3. The van der Waals surface area contributed by atoms with Crippen molar-refractivity contribution >= 4 is 23.4 Å². The molecule has 0 fully saturated rings. The first-order chi connectivity index (χ1) is 12.6. The normalized spacial score (nSPS) is 12.2. The van der Waals surface area contributed by atoms with Crippen LogP contribution < -0.4 is 4.74 Å². The van der Waals surface area contributed by atoms with Crippen molar-refractivity contribution in [1.82, 2.24) is 14.8 Å². The molecule has 0 bridgehead atoms. The second kappa shape index (κ2) is 8.56. The van der Waals surface area contributed by atoms with Gasteiger partial charge in [-0.15, -0.1) is 10.2 Å². The average Bonchev–Trinajstić information content (AvgIpc) is 3.05. The Balaban J connectivity index is 1.75. The number of halogens is 2. The predicted octanol–water partition coefficient (Wildman–Crippen LogP) is 5.52. The molecule has 0 saturated carbocycles. The Morgan fingerprint density at radius 1 is 1.15 bits per heavy atom. The van der Waals surface area contributed by atoms with Crippen LogP contribution in [0.4, 0.5) is 4.39 Å². The van der Waals surface area contributed by atoms with Crippen molar-refractivity contribution < 1.29 is 9.13 Å². The van der Waals surface area contributed by atoms with Gasteiger partial charge in [-0.2, -0.15) is 0 Å². The van der Waals surface area contributed by atoms with Gasteiger partial charge in [0.05, 0.1) is 0 Å². The van der Waals surface area contributed by atoms with E-state index in [1.807, 2.05) is 48.7 Å². The van der Waals surface area contributed by atoms with Gasteiger partial charge in [0.15, 0.2) is 17.1 Å². The minimum Gasteiger partial charge on any atom is -0.483 e. The lowest BCUT2D eigenvalue weighted by Gasteiger charge is -2.15. The molecule has 4 nitrogen and oxygen atoms in total. The van der Waals surface area contributed by atoms with Crippen LogP contribution in [0.15, 0.2) is 53.7 Å². The number of aromatic nitrogens is 3. The van der Waals surface area contributed by atoms with Crippen molar-refractivity contribution in [1.29, 1.82) is 0 Å². The van der Waals surface area contributed by atoms with E-state index in [0.29, 0.717) is 28.0 Å². The van der Waals surface area contributed by atoms with Crippen LogP contribution in [0.1, 0.15) is 31.3 Å². The molecule has 3 aromatic rings. The second-order valence-electron chi connectivity index (χ2n) is 5.65. The zero-order valence-corrected chi connectivity index (χ0v) is 16.1. The van der Waals surface area contributed by atoms with Crippen molar-refractivity contribution in [2.24, 2.45) is 0 Å². The molecule has 136 valence electrons. The minimum atomic E-state index is -0.312. The molecule has 0 spiro atoms. The number of para-hydroxylation sites is 1. The van der Waals surface area contributed by atoms with Crippen molar-refractivity contribution in [2.45, 2.75) is 37.4 Å². The lowest BCUT2D eigenvalue weighted by Crippen LogP contribution is -2.12. The summed E-state index contributed by atoms with van der Waals surface area (Å²) in [5.74, 6) is 1.59. The van der Waals surface area contributed by atoms with Crippen molar-refractivity contribution in [3.05, 3.63) is 70.8 Å². The van der Waals surface area contributed by atoms with Crippen LogP contribution in [0.25, 0.3) is 0 Å². The third-order valence-electron chi connectivity index (χ3n) is 3.89. The molecule has 0 aliphatic carbocycles. The lowest BCUT2D eigenvalue weighted by atomic mass is 10.2. The number of hydrogen-bond donors (Lipinski definition) is 0. The first kappa shape index (κ1) is 18.7. The summed E-state index contributed by atoms with van der Waals surface area (Å²) in [6.45, 7) is 4.64. The zero-order valence-electron chi connectivity index (χ0n) is 14.5. The maximum atomic E-state index is 14.0. The highest BCUT2D eigenvalue weighted by molar-refractivity contribution is 7.98. The van der Waals surface area contributed by atoms with Gasteiger partial charge in [0, 0.05) is 22.9 Å². The van der Waals surface area contributed by atoms with E-state index in [0.717, 1.165) is 11.6 Å². The molecule has 0 radical (unpaired) electrons. The molecule has 0 saturated heterocycles.